The van der Waals surface area contributed by atoms with Crippen molar-refractivity contribution in [3.05, 3.63) is 0 Å². The molecule has 0 unspecified atom stereocenters. The van der Waals surface area contributed by atoms with Crippen LogP contribution in [0.3, 0.4) is 0 Å². The highest BCUT2D eigenvalue weighted by Gasteiger charge is 2.32. The molecule has 1 N–H and O–H groups in total. The number of hydrogen-bond acceptors (Lipinski definition) is 3. The van der Waals surface area contributed by atoms with E-state index in [2.05, 4.69) is 10.5 Å². The van der Waals surface area contributed by atoms with Crippen molar-refractivity contribution in [1.29, 1.82) is 0 Å². The van der Waals surface area contributed by atoms with Gasteiger partial charge in [0.05, 0.1) is 0 Å². The standard InChI is InChI=1S/C7H14F3N3/c1-4-5-11-13(3)12-6(2)7(8,9)10/h11H,4-5H2,1-3H3/b12-6+. The van der Waals surface area contributed by atoms with Crippen LogP contribution in [0.25, 0.3) is 0 Å². The lowest BCUT2D eigenvalue weighted by Gasteiger charge is -2.15. The first-order valence-corrected chi connectivity index (χ1v) is 3.97. The second kappa shape index (κ2) is 5.06. The molecular weight excluding hydrogens is 183 g/mol. The van der Waals surface area contributed by atoms with E-state index in [0.29, 0.717) is 6.54 Å². The first-order chi connectivity index (χ1) is 5.88. The summed E-state index contributed by atoms with van der Waals surface area (Å²) in [5, 5.41) is 4.38. The lowest BCUT2D eigenvalue weighted by Crippen LogP contribution is -2.33. The van der Waals surface area contributed by atoms with Gasteiger partial charge in [-0.1, -0.05) is 6.92 Å². The van der Waals surface area contributed by atoms with Gasteiger partial charge >= 0.3 is 6.18 Å². The summed E-state index contributed by atoms with van der Waals surface area (Å²) >= 11 is 0. The van der Waals surface area contributed by atoms with Gasteiger partial charge in [0.25, 0.3) is 0 Å². The van der Waals surface area contributed by atoms with Crippen LogP contribution in [0.15, 0.2) is 5.10 Å². The average Bonchev–Trinajstić information content (AvgIpc) is 1.99. The molecule has 0 saturated carbocycles. The zero-order valence-corrected chi connectivity index (χ0v) is 7.94. The van der Waals surface area contributed by atoms with Gasteiger partial charge in [-0.2, -0.15) is 18.3 Å². The largest absolute Gasteiger partial charge is 0.430 e. The van der Waals surface area contributed by atoms with E-state index in [4.69, 9.17) is 0 Å². The van der Waals surface area contributed by atoms with Crippen molar-refractivity contribution < 1.29 is 13.2 Å². The van der Waals surface area contributed by atoms with E-state index < -0.39 is 11.9 Å². The third kappa shape index (κ3) is 5.46. The minimum atomic E-state index is -4.35. The van der Waals surface area contributed by atoms with E-state index in [-0.39, 0.29) is 0 Å². The molecule has 0 aromatic carbocycles. The number of nitrogens with zero attached hydrogens (tertiary/aromatic N) is 2. The van der Waals surface area contributed by atoms with Gasteiger partial charge in [-0.15, -0.1) is 0 Å². The van der Waals surface area contributed by atoms with Crippen LogP contribution in [0.5, 0.6) is 0 Å². The van der Waals surface area contributed by atoms with E-state index in [1.54, 1.807) is 0 Å². The maximum atomic E-state index is 11.9. The zero-order chi connectivity index (χ0) is 10.5. The van der Waals surface area contributed by atoms with Crippen molar-refractivity contribution in [3.8, 4) is 0 Å². The van der Waals surface area contributed by atoms with Crippen LogP contribution < -0.4 is 5.43 Å². The number of hydrazine groups is 1. The van der Waals surface area contributed by atoms with Crippen LogP contribution in [-0.4, -0.2) is 30.6 Å². The lowest BCUT2D eigenvalue weighted by atomic mass is 10.4. The third-order valence-corrected chi connectivity index (χ3v) is 1.30. The van der Waals surface area contributed by atoms with Crippen molar-refractivity contribution in [3.63, 3.8) is 0 Å². The van der Waals surface area contributed by atoms with Crippen molar-refractivity contribution >= 4 is 5.71 Å². The van der Waals surface area contributed by atoms with Crippen LogP contribution in [0, 0.1) is 0 Å². The summed E-state index contributed by atoms with van der Waals surface area (Å²) in [5.74, 6) is 0. The molecule has 0 aromatic heterocycles. The van der Waals surface area contributed by atoms with E-state index in [1.165, 1.54) is 7.05 Å². The maximum absolute atomic E-state index is 11.9. The summed E-state index contributed by atoms with van der Waals surface area (Å²) in [4.78, 5) is 0. The number of halogens is 3. The van der Waals surface area contributed by atoms with Crippen molar-refractivity contribution in [2.75, 3.05) is 13.6 Å². The molecule has 0 fully saturated rings. The molecule has 0 amide bonds. The topological polar surface area (TPSA) is 27.6 Å². The quantitative estimate of drug-likeness (QED) is 0.549. The maximum Gasteiger partial charge on any atom is 0.430 e. The molecule has 0 saturated heterocycles. The van der Waals surface area contributed by atoms with Gasteiger partial charge in [0.15, 0.2) is 0 Å². The predicted octanol–water partition coefficient (Wildman–Crippen LogP) is 1.77. The van der Waals surface area contributed by atoms with Crippen molar-refractivity contribution in [2.24, 2.45) is 5.10 Å². The molecular formula is C7H14F3N3. The summed E-state index contributed by atoms with van der Waals surface area (Å²) < 4.78 is 35.8. The van der Waals surface area contributed by atoms with Crippen LogP contribution >= 0.6 is 0 Å². The van der Waals surface area contributed by atoms with Crippen LogP contribution in [-0.2, 0) is 0 Å². The Labute approximate surface area is 75.6 Å². The van der Waals surface area contributed by atoms with Gasteiger partial charge in [-0.25, -0.2) is 10.5 Å². The minimum Gasteiger partial charge on any atom is -0.233 e. The lowest BCUT2D eigenvalue weighted by molar-refractivity contribution is -0.0609. The molecule has 78 valence electrons. The SMILES string of the molecule is CCCNN(C)/N=C(\C)C(F)(F)F. The highest BCUT2D eigenvalue weighted by Crippen LogP contribution is 2.16. The third-order valence-electron chi connectivity index (χ3n) is 1.30. The molecule has 0 radical (unpaired) electrons. The first kappa shape index (κ1) is 12.2. The summed E-state index contributed by atoms with van der Waals surface area (Å²) in [5.41, 5.74) is 1.82. The fourth-order valence-corrected chi connectivity index (χ4v) is 0.591. The molecule has 0 aromatic rings. The fraction of sp³-hybridized carbons (Fsp3) is 0.857. The summed E-state index contributed by atoms with van der Waals surface area (Å²) in [6, 6.07) is 0. The van der Waals surface area contributed by atoms with Gasteiger partial charge in [-0.05, 0) is 13.3 Å². The fourth-order valence-electron chi connectivity index (χ4n) is 0.591. The molecule has 0 spiro atoms. The van der Waals surface area contributed by atoms with E-state index >= 15 is 0 Å². The molecule has 0 heterocycles. The molecule has 0 aliphatic carbocycles. The van der Waals surface area contributed by atoms with Gasteiger partial charge in [0, 0.05) is 13.6 Å². The number of hydrazone groups is 1. The predicted molar refractivity (Wildman–Crippen MR) is 45.2 cm³/mol. The molecule has 3 nitrogen and oxygen atoms in total. The Morgan fingerprint density at radius 3 is 2.38 bits per heavy atom. The minimum absolute atomic E-state index is 0.602. The number of alkyl halides is 3. The molecule has 13 heavy (non-hydrogen) atoms. The van der Waals surface area contributed by atoms with Crippen LogP contribution in [0.2, 0.25) is 0 Å². The van der Waals surface area contributed by atoms with Gasteiger partial charge in [0.2, 0.25) is 0 Å². The molecule has 0 bridgehead atoms. The molecule has 0 aliphatic heterocycles. The monoisotopic (exact) mass is 197 g/mol. The Hall–Kier alpha value is -0.780. The Bertz CT molecular complexity index is 176. The van der Waals surface area contributed by atoms with Gasteiger partial charge in [-0.3, -0.25) is 0 Å². The molecule has 6 heteroatoms. The average molecular weight is 197 g/mol. The zero-order valence-electron chi connectivity index (χ0n) is 7.94. The normalized spacial score (nSPS) is 13.2. The van der Waals surface area contributed by atoms with Crippen molar-refractivity contribution in [2.45, 2.75) is 26.4 Å². The summed E-state index contributed by atoms with van der Waals surface area (Å²) in [6.45, 7) is 3.45. The Morgan fingerprint density at radius 1 is 1.46 bits per heavy atom. The highest BCUT2D eigenvalue weighted by molar-refractivity contribution is 5.86. The van der Waals surface area contributed by atoms with E-state index in [9.17, 15) is 13.2 Å². The second-order valence-electron chi connectivity index (χ2n) is 2.61. The smallest absolute Gasteiger partial charge is 0.233 e. The number of rotatable bonds is 4. The van der Waals surface area contributed by atoms with E-state index in [0.717, 1.165) is 18.5 Å². The van der Waals surface area contributed by atoms with Crippen molar-refractivity contribution in [1.82, 2.24) is 10.5 Å². The van der Waals surface area contributed by atoms with Gasteiger partial charge in [0.1, 0.15) is 5.71 Å². The van der Waals surface area contributed by atoms with Crippen LogP contribution in [0.4, 0.5) is 13.2 Å². The van der Waals surface area contributed by atoms with Crippen LogP contribution in [0.1, 0.15) is 20.3 Å². The molecule has 0 aliphatic rings. The summed E-state index contributed by atoms with van der Waals surface area (Å²) in [6.07, 6.45) is -3.51. The molecule has 0 rings (SSSR count). The number of hydrogen-bond donors (Lipinski definition) is 1. The summed E-state index contributed by atoms with van der Waals surface area (Å²) in [7, 11) is 1.44. The Balaban J connectivity index is 4.06. The highest BCUT2D eigenvalue weighted by atomic mass is 19.4. The second-order valence-corrected chi connectivity index (χ2v) is 2.61. The molecule has 0 atom stereocenters. The first-order valence-electron chi connectivity index (χ1n) is 3.97. The van der Waals surface area contributed by atoms with E-state index in [1.807, 2.05) is 6.92 Å². The number of nitrogens with one attached hydrogen (secondary N) is 1. The Morgan fingerprint density at radius 2 is 2.00 bits per heavy atom. The Kier molecular flexibility index (Phi) is 4.76. The van der Waals surface area contributed by atoms with Gasteiger partial charge < -0.3 is 0 Å².